The number of nitrogens with zero attached hydrogens (tertiary/aromatic N) is 2. The van der Waals surface area contributed by atoms with E-state index in [1.807, 2.05) is 12.1 Å². The molecule has 5 heteroatoms. The van der Waals surface area contributed by atoms with Crippen molar-refractivity contribution in [3.8, 4) is 0 Å². The van der Waals surface area contributed by atoms with Gasteiger partial charge in [0.05, 0.1) is 5.02 Å². The van der Waals surface area contributed by atoms with Crippen LogP contribution in [0.1, 0.15) is 12.8 Å². The van der Waals surface area contributed by atoms with Crippen molar-refractivity contribution in [2.45, 2.75) is 12.8 Å². The fourth-order valence-electron chi connectivity index (χ4n) is 2.33. The molecule has 1 atom stereocenters. The van der Waals surface area contributed by atoms with E-state index in [1.54, 1.807) is 6.20 Å². The first kappa shape index (κ1) is 13.6. The third-order valence-electron chi connectivity index (χ3n) is 3.32. The highest BCUT2D eigenvalue weighted by molar-refractivity contribution is 6.30. The minimum Gasteiger partial charge on any atom is -0.396 e. The lowest BCUT2D eigenvalue weighted by Gasteiger charge is -2.31. The molecule has 1 aliphatic heterocycles. The second-order valence-corrected chi connectivity index (χ2v) is 5.22. The normalized spacial score (nSPS) is 20.9. The minimum atomic E-state index is 0.308. The van der Waals surface area contributed by atoms with Crippen LogP contribution in [-0.4, -0.2) is 47.8 Å². The number of hydrogen-bond acceptors (Lipinski definition) is 4. The molecule has 0 aliphatic carbocycles. The van der Waals surface area contributed by atoms with E-state index in [2.05, 4.69) is 15.2 Å². The van der Waals surface area contributed by atoms with Gasteiger partial charge in [-0.2, -0.15) is 0 Å². The van der Waals surface area contributed by atoms with E-state index in [0.29, 0.717) is 17.5 Å². The number of anilines is 1. The molecule has 2 N–H and O–H groups in total. The zero-order chi connectivity index (χ0) is 12.8. The molecule has 4 nitrogen and oxygen atoms in total. The molecule has 0 radical (unpaired) electrons. The van der Waals surface area contributed by atoms with Gasteiger partial charge in [0.25, 0.3) is 0 Å². The Morgan fingerprint density at radius 1 is 1.50 bits per heavy atom. The minimum absolute atomic E-state index is 0.308. The molecule has 0 bridgehead atoms. The van der Waals surface area contributed by atoms with Crippen LogP contribution in [-0.2, 0) is 0 Å². The molecule has 0 amide bonds. The highest BCUT2D eigenvalue weighted by Crippen LogP contribution is 2.15. The zero-order valence-corrected chi connectivity index (χ0v) is 11.2. The summed E-state index contributed by atoms with van der Waals surface area (Å²) in [6, 6.07) is 3.72. The summed E-state index contributed by atoms with van der Waals surface area (Å²) in [6.07, 6.45) is 3.98. The van der Waals surface area contributed by atoms with Gasteiger partial charge in [-0.3, -0.25) is 0 Å². The third-order valence-corrected chi connectivity index (χ3v) is 3.55. The summed E-state index contributed by atoms with van der Waals surface area (Å²) in [5, 5.41) is 13.1. The monoisotopic (exact) mass is 269 g/mol. The first-order chi connectivity index (χ1) is 8.78. The van der Waals surface area contributed by atoms with Gasteiger partial charge >= 0.3 is 0 Å². The van der Waals surface area contributed by atoms with Crippen LogP contribution < -0.4 is 5.32 Å². The molecule has 2 rings (SSSR count). The van der Waals surface area contributed by atoms with Crippen LogP contribution in [0.4, 0.5) is 5.82 Å². The van der Waals surface area contributed by atoms with Crippen LogP contribution in [0, 0.1) is 5.92 Å². The second kappa shape index (κ2) is 6.92. The van der Waals surface area contributed by atoms with E-state index < -0.39 is 0 Å². The van der Waals surface area contributed by atoms with Crippen LogP contribution in [0.5, 0.6) is 0 Å². The van der Waals surface area contributed by atoms with Crippen molar-refractivity contribution in [1.29, 1.82) is 0 Å². The largest absolute Gasteiger partial charge is 0.396 e. The van der Waals surface area contributed by atoms with Crippen LogP contribution in [0.25, 0.3) is 0 Å². The summed E-state index contributed by atoms with van der Waals surface area (Å²) < 4.78 is 0. The van der Waals surface area contributed by atoms with Crippen molar-refractivity contribution in [3.63, 3.8) is 0 Å². The summed E-state index contributed by atoms with van der Waals surface area (Å²) in [6.45, 7) is 4.30. The van der Waals surface area contributed by atoms with E-state index in [4.69, 9.17) is 11.6 Å². The Labute approximate surface area is 113 Å². The summed E-state index contributed by atoms with van der Waals surface area (Å²) in [7, 11) is 0. The lowest BCUT2D eigenvalue weighted by atomic mass is 9.99. The fraction of sp³-hybridized carbons (Fsp3) is 0.615. The molecule has 1 aromatic rings. The van der Waals surface area contributed by atoms with E-state index in [1.165, 1.54) is 6.42 Å². The van der Waals surface area contributed by atoms with Crippen molar-refractivity contribution >= 4 is 17.4 Å². The van der Waals surface area contributed by atoms with E-state index in [0.717, 1.165) is 38.4 Å². The molecule has 0 aromatic carbocycles. The Hall–Kier alpha value is -0.840. The number of aliphatic hydroxyl groups excluding tert-OH is 1. The maximum absolute atomic E-state index is 9.17. The van der Waals surface area contributed by atoms with Crippen molar-refractivity contribution in [3.05, 3.63) is 23.4 Å². The average molecular weight is 270 g/mol. The van der Waals surface area contributed by atoms with Crippen molar-refractivity contribution < 1.29 is 5.11 Å². The van der Waals surface area contributed by atoms with Gasteiger partial charge in [-0.15, -0.1) is 0 Å². The number of likely N-dealkylation sites (tertiary alicyclic amines) is 1. The predicted molar refractivity (Wildman–Crippen MR) is 74.0 cm³/mol. The summed E-state index contributed by atoms with van der Waals surface area (Å²) in [5.74, 6) is 1.31. The highest BCUT2D eigenvalue weighted by atomic mass is 35.5. The second-order valence-electron chi connectivity index (χ2n) is 4.78. The molecule has 0 saturated carbocycles. The number of halogens is 1. The Kier molecular flexibility index (Phi) is 5.23. The number of piperidine rings is 1. The third kappa shape index (κ3) is 4.12. The number of pyridine rings is 1. The molecule has 2 heterocycles. The van der Waals surface area contributed by atoms with Crippen molar-refractivity contribution in [2.24, 2.45) is 5.92 Å². The molecule has 0 spiro atoms. The molecule has 1 fully saturated rings. The molecule has 1 aromatic heterocycles. The van der Waals surface area contributed by atoms with Gasteiger partial charge in [0.2, 0.25) is 0 Å². The summed E-state index contributed by atoms with van der Waals surface area (Å²) >= 11 is 5.78. The number of nitrogens with one attached hydrogen (secondary N) is 1. The molecule has 100 valence electrons. The number of aliphatic hydroxyl groups is 1. The van der Waals surface area contributed by atoms with Gasteiger partial charge < -0.3 is 15.3 Å². The van der Waals surface area contributed by atoms with Gasteiger partial charge in [-0.25, -0.2) is 4.98 Å². The van der Waals surface area contributed by atoms with Crippen LogP contribution in [0.2, 0.25) is 5.02 Å². The van der Waals surface area contributed by atoms with E-state index in [-0.39, 0.29) is 0 Å². The van der Waals surface area contributed by atoms with Crippen LogP contribution in [0.15, 0.2) is 18.3 Å². The van der Waals surface area contributed by atoms with Gasteiger partial charge in [-0.1, -0.05) is 11.6 Å². The van der Waals surface area contributed by atoms with E-state index >= 15 is 0 Å². The standard InChI is InChI=1S/C13H20ClN3O/c14-12-3-4-13(16-8-12)15-5-7-17-6-1-2-11(9-17)10-18/h3-4,8,11,18H,1-2,5-7,9-10H2,(H,15,16). The Morgan fingerprint density at radius 2 is 2.39 bits per heavy atom. The first-order valence-corrected chi connectivity index (χ1v) is 6.84. The quantitative estimate of drug-likeness (QED) is 0.857. The zero-order valence-electron chi connectivity index (χ0n) is 10.5. The maximum atomic E-state index is 9.17. The molecular formula is C13H20ClN3O. The van der Waals surface area contributed by atoms with Gasteiger partial charge in [0.1, 0.15) is 5.82 Å². The lowest BCUT2D eigenvalue weighted by Crippen LogP contribution is -2.39. The summed E-state index contributed by atoms with van der Waals surface area (Å²) in [5.41, 5.74) is 0. The Balaban J connectivity index is 1.70. The molecular weight excluding hydrogens is 250 g/mol. The number of rotatable bonds is 5. The first-order valence-electron chi connectivity index (χ1n) is 6.46. The van der Waals surface area contributed by atoms with Crippen molar-refractivity contribution in [1.82, 2.24) is 9.88 Å². The molecule has 1 saturated heterocycles. The van der Waals surface area contributed by atoms with E-state index in [9.17, 15) is 5.11 Å². The number of hydrogen-bond donors (Lipinski definition) is 2. The molecule has 1 unspecified atom stereocenters. The van der Waals surface area contributed by atoms with Gasteiger partial charge in [0.15, 0.2) is 0 Å². The SMILES string of the molecule is OCC1CCCN(CCNc2ccc(Cl)cn2)C1. The van der Waals surface area contributed by atoms with Crippen molar-refractivity contribution in [2.75, 3.05) is 38.1 Å². The molecule has 1 aliphatic rings. The molecule has 18 heavy (non-hydrogen) atoms. The fourth-order valence-corrected chi connectivity index (χ4v) is 2.44. The summed E-state index contributed by atoms with van der Waals surface area (Å²) in [4.78, 5) is 6.59. The Morgan fingerprint density at radius 3 is 3.11 bits per heavy atom. The number of aromatic nitrogens is 1. The van der Waals surface area contributed by atoms with Crippen LogP contribution in [0.3, 0.4) is 0 Å². The predicted octanol–water partition coefficient (Wildman–Crippen LogP) is 1.85. The average Bonchev–Trinajstić information content (AvgIpc) is 2.41. The maximum Gasteiger partial charge on any atom is 0.126 e. The smallest absolute Gasteiger partial charge is 0.126 e. The van der Waals surface area contributed by atoms with Gasteiger partial charge in [0, 0.05) is 32.4 Å². The topological polar surface area (TPSA) is 48.4 Å². The van der Waals surface area contributed by atoms with Crippen LogP contribution >= 0.6 is 11.6 Å². The Bertz CT molecular complexity index is 358. The lowest BCUT2D eigenvalue weighted by molar-refractivity contribution is 0.123. The highest BCUT2D eigenvalue weighted by Gasteiger charge is 2.18. The van der Waals surface area contributed by atoms with Gasteiger partial charge in [-0.05, 0) is 37.4 Å².